The Labute approximate surface area is 161 Å². The number of ether oxygens (including phenoxy) is 1. The van der Waals surface area contributed by atoms with Crippen LogP contribution in [0.2, 0.25) is 0 Å². The van der Waals surface area contributed by atoms with Crippen LogP contribution in [0.3, 0.4) is 0 Å². The highest BCUT2D eigenvalue weighted by molar-refractivity contribution is 5.80. The summed E-state index contributed by atoms with van der Waals surface area (Å²) in [5, 5.41) is 6.44. The second-order valence-corrected chi connectivity index (χ2v) is 7.74. The van der Waals surface area contributed by atoms with Gasteiger partial charge in [-0.25, -0.2) is 0 Å². The number of rotatable bonds is 7. The lowest BCUT2D eigenvalue weighted by atomic mass is 9.85. The Kier molecular flexibility index (Phi) is 9.15. The number of nitrogens with zero attached hydrogens (tertiary/aromatic N) is 2. The van der Waals surface area contributed by atoms with Gasteiger partial charge in [-0.15, -0.1) is 0 Å². The van der Waals surface area contributed by atoms with Crippen molar-refractivity contribution in [3.05, 3.63) is 0 Å². The van der Waals surface area contributed by atoms with Crippen LogP contribution in [-0.4, -0.2) is 69.5 Å². The van der Waals surface area contributed by atoms with Gasteiger partial charge in [0, 0.05) is 32.8 Å². The van der Waals surface area contributed by atoms with Crippen molar-refractivity contribution in [1.82, 2.24) is 15.5 Å². The number of alkyl halides is 3. The average Bonchev–Trinajstić information content (AvgIpc) is 2.65. The predicted octanol–water partition coefficient (Wildman–Crippen LogP) is 3.02. The van der Waals surface area contributed by atoms with Gasteiger partial charge in [0.05, 0.1) is 12.5 Å². The minimum atomic E-state index is -4.09. The van der Waals surface area contributed by atoms with Gasteiger partial charge in [0.25, 0.3) is 0 Å². The van der Waals surface area contributed by atoms with Gasteiger partial charge in [0.15, 0.2) is 5.96 Å². The van der Waals surface area contributed by atoms with E-state index >= 15 is 0 Å². The average molecular weight is 393 g/mol. The summed E-state index contributed by atoms with van der Waals surface area (Å²) in [4.78, 5) is 7.08. The van der Waals surface area contributed by atoms with Crippen LogP contribution >= 0.6 is 0 Å². The quantitative estimate of drug-likeness (QED) is 0.517. The Balaban J connectivity index is 1.80. The second-order valence-electron chi connectivity index (χ2n) is 7.74. The maximum atomic E-state index is 13.0. The first kappa shape index (κ1) is 22.3. The third-order valence-electron chi connectivity index (χ3n) is 5.65. The van der Waals surface area contributed by atoms with E-state index in [4.69, 9.17) is 4.74 Å². The molecule has 1 saturated heterocycles. The van der Waals surface area contributed by atoms with Gasteiger partial charge < -0.3 is 20.3 Å². The molecule has 0 radical (unpaired) electrons. The molecule has 1 aliphatic heterocycles. The lowest BCUT2D eigenvalue weighted by molar-refractivity contribution is -0.183. The van der Waals surface area contributed by atoms with Crippen LogP contribution in [-0.2, 0) is 4.74 Å². The fourth-order valence-corrected chi connectivity index (χ4v) is 3.96. The molecule has 5 nitrogen and oxygen atoms in total. The van der Waals surface area contributed by atoms with Crippen molar-refractivity contribution in [1.29, 1.82) is 0 Å². The number of halogens is 3. The van der Waals surface area contributed by atoms with E-state index in [1.54, 1.807) is 7.11 Å². The Morgan fingerprint density at radius 3 is 2.56 bits per heavy atom. The van der Waals surface area contributed by atoms with Crippen molar-refractivity contribution in [2.45, 2.75) is 57.7 Å². The van der Waals surface area contributed by atoms with Gasteiger partial charge in [0.1, 0.15) is 0 Å². The molecule has 0 spiro atoms. The molecular formula is C19H35F3N4O. The molecule has 0 bridgehead atoms. The molecule has 0 aromatic rings. The monoisotopic (exact) mass is 392 g/mol. The SMILES string of the molecule is CCNC(=NCC1CCN(CCOC)CC1)NC1CCCC(C(F)(F)F)C1. The third-order valence-corrected chi connectivity index (χ3v) is 5.65. The molecule has 1 heterocycles. The molecule has 8 heteroatoms. The lowest BCUT2D eigenvalue weighted by Crippen LogP contribution is -2.47. The van der Waals surface area contributed by atoms with Gasteiger partial charge in [-0.2, -0.15) is 13.2 Å². The summed E-state index contributed by atoms with van der Waals surface area (Å²) in [5.74, 6) is 0.00345. The highest BCUT2D eigenvalue weighted by atomic mass is 19.4. The molecule has 2 unspecified atom stereocenters. The number of guanidine groups is 1. The van der Waals surface area contributed by atoms with Crippen LogP contribution in [0, 0.1) is 11.8 Å². The number of likely N-dealkylation sites (tertiary alicyclic amines) is 1. The van der Waals surface area contributed by atoms with Gasteiger partial charge in [-0.05, 0) is 58.0 Å². The number of hydrogen-bond acceptors (Lipinski definition) is 3. The zero-order chi connectivity index (χ0) is 19.7. The highest BCUT2D eigenvalue weighted by Crippen LogP contribution is 2.37. The Bertz CT molecular complexity index is 451. The Morgan fingerprint density at radius 2 is 1.93 bits per heavy atom. The van der Waals surface area contributed by atoms with E-state index in [9.17, 15) is 13.2 Å². The van der Waals surface area contributed by atoms with Crippen molar-refractivity contribution < 1.29 is 17.9 Å². The van der Waals surface area contributed by atoms with Crippen molar-refractivity contribution in [3.63, 3.8) is 0 Å². The van der Waals surface area contributed by atoms with Crippen molar-refractivity contribution in [3.8, 4) is 0 Å². The maximum absolute atomic E-state index is 13.0. The zero-order valence-electron chi connectivity index (χ0n) is 16.7. The van der Waals surface area contributed by atoms with Crippen molar-refractivity contribution >= 4 is 5.96 Å². The van der Waals surface area contributed by atoms with E-state index in [0.717, 1.165) is 52.0 Å². The van der Waals surface area contributed by atoms with Crippen LogP contribution in [0.5, 0.6) is 0 Å². The molecule has 2 aliphatic rings. The minimum Gasteiger partial charge on any atom is -0.383 e. The van der Waals surface area contributed by atoms with E-state index in [1.807, 2.05) is 6.92 Å². The molecule has 0 aromatic carbocycles. The first-order valence-corrected chi connectivity index (χ1v) is 10.2. The standard InChI is InChI=1S/C19H35F3N4O/c1-3-23-18(25-17-6-4-5-16(13-17)19(20,21)22)24-14-15-7-9-26(10-8-15)11-12-27-2/h15-17H,3-14H2,1-2H3,(H2,23,24,25). The summed E-state index contributed by atoms with van der Waals surface area (Å²) >= 11 is 0. The second kappa shape index (κ2) is 11.1. The normalized spacial score (nSPS) is 26.2. The van der Waals surface area contributed by atoms with E-state index in [-0.39, 0.29) is 18.9 Å². The first-order chi connectivity index (χ1) is 12.9. The number of piperidine rings is 1. The summed E-state index contributed by atoms with van der Waals surface area (Å²) < 4.78 is 44.2. The molecular weight excluding hydrogens is 357 g/mol. The number of methoxy groups -OCH3 is 1. The van der Waals surface area contributed by atoms with E-state index < -0.39 is 12.1 Å². The van der Waals surface area contributed by atoms with Gasteiger partial charge >= 0.3 is 6.18 Å². The van der Waals surface area contributed by atoms with Gasteiger partial charge in [0.2, 0.25) is 0 Å². The van der Waals surface area contributed by atoms with E-state index in [1.165, 1.54) is 0 Å². The summed E-state index contributed by atoms with van der Waals surface area (Å²) in [6.45, 7) is 7.26. The van der Waals surface area contributed by atoms with E-state index in [0.29, 0.717) is 24.8 Å². The first-order valence-electron chi connectivity index (χ1n) is 10.2. The van der Waals surface area contributed by atoms with Crippen LogP contribution in [0.15, 0.2) is 4.99 Å². The number of hydrogen-bond donors (Lipinski definition) is 2. The molecule has 2 atom stereocenters. The fraction of sp³-hybridized carbons (Fsp3) is 0.947. The van der Waals surface area contributed by atoms with Gasteiger partial charge in [-0.1, -0.05) is 6.42 Å². The van der Waals surface area contributed by atoms with Crippen molar-refractivity contribution in [2.24, 2.45) is 16.8 Å². The van der Waals surface area contributed by atoms with E-state index in [2.05, 4.69) is 20.5 Å². The van der Waals surface area contributed by atoms with Crippen LogP contribution in [0.25, 0.3) is 0 Å². The van der Waals surface area contributed by atoms with Crippen LogP contribution in [0.1, 0.15) is 45.4 Å². The largest absolute Gasteiger partial charge is 0.391 e. The topological polar surface area (TPSA) is 48.9 Å². The Morgan fingerprint density at radius 1 is 1.19 bits per heavy atom. The van der Waals surface area contributed by atoms with Crippen LogP contribution < -0.4 is 10.6 Å². The fourth-order valence-electron chi connectivity index (χ4n) is 3.96. The molecule has 1 saturated carbocycles. The summed E-state index contributed by atoms with van der Waals surface area (Å²) in [6.07, 6.45) is -0.107. The molecule has 0 aromatic heterocycles. The summed E-state index contributed by atoms with van der Waals surface area (Å²) in [6, 6.07) is -0.154. The Hall–Kier alpha value is -1.02. The molecule has 2 N–H and O–H groups in total. The highest BCUT2D eigenvalue weighted by Gasteiger charge is 2.42. The molecule has 27 heavy (non-hydrogen) atoms. The number of nitrogens with one attached hydrogen (secondary N) is 2. The number of aliphatic imine (C=N–C) groups is 1. The zero-order valence-corrected chi connectivity index (χ0v) is 16.7. The molecule has 2 rings (SSSR count). The molecule has 1 aliphatic carbocycles. The minimum absolute atomic E-state index is 0.145. The molecule has 158 valence electrons. The third kappa shape index (κ3) is 7.86. The van der Waals surface area contributed by atoms with Gasteiger partial charge in [-0.3, -0.25) is 4.99 Å². The smallest absolute Gasteiger partial charge is 0.383 e. The predicted molar refractivity (Wildman–Crippen MR) is 102 cm³/mol. The molecule has 2 fully saturated rings. The summed E-state index contributed by atoms with van der Waals surface area (Å²) in [7, 11) is 1.72. The van der Waals surface area contributed by atoms with Crippen LogP contribution in [0.4, 0.5) is 13.2 Å². The molecule has 0 amide bonds. The van der Waals surface area contributed by atoms with Crippen molar-refractivity contribution in [2.75, 3.05) is 46.4 Å². The maximum Gasteiger partial charge on any atom is 0.391 e. The lowest BCUT2D eigenvalue weighted by Gasteiger charge is -2.32. The summed E-state index contributed by atoms with van der Waals surface area (Å²) in [5.41, 5.74) is 0.